The summed E-state index contributed by atoms with van der Waals surface area (Å²) in [5.41, 5.74) is 1.64. The fourth-order valence-corrected chi connectivity index (χ4v) is 2.47. The zero-order chi connectivity index (χ0) is 13.8. The SMILES string of the molecule is C=C(F)c1c(CC#N)cc(Cl)cc1N1CCOCC1. The average molecular weight is 281 g/mol. The van der Waals surface area contributed by atoms with Gasteiger partial charge in [0.05, 0.1) is 25.7 Å². The van der Waals surface area contributed by atoms with E-state index in [-0.39, 0.29) is 6.42 Å². The minimum atomic E-state index is -0.539. The molecule has 100 valence electrons. The van der Waals surface area contributed by atoms with E-state index in [1.807, 2.05) is 11.0 Å². The van der Waals surface area contributed by atoms with Crippen LogP contribution in [0.5, 0.6) is 0 Å². The molecule has 2 rings (SSSR count). The number of nitrogens with zero attached hydrogens (tertiary/aromatic N) is 2. The third-order valence-electron chi connectivity index (χ3n) is 3.06. The van der Waals surface area contributed by atoms with E-state index >= 15 is 0 Å². The van der Waals surface area contributed by atoms with Crippen molar-refractivity contribution in [1.29, 1.82) is 5.26 Å². The predicted molar refractivity (Wildman–Crippen MR) is 73.9 cm³/mol. The number of morpholine rings is 1. The van der Waals surface area contributed by atoms with Crippen molar-refractivity contribution in [3.63, 3.8) is 0 Å². The Hall–Kier alpha value is -1.57. The molecule has 0 aromatic heterocycles. The van der Waals surface area contributed by atoms with Crippen molar-refractivity contribution in [3.8, 4) is 6.07 Å². The molecule has 1 heterocycles. The second kappa shape index (κ2) is 6.05. The number of ether oxygens (including phenoxy) is 1. The Morgan fingerprint density at radius 3 is 2.74 bits per heavy atom. The van der Waals surface area contributed by atoms with E-state index in [0.29, 0.717) is 48.1 Å². The smallest absolute Gasteiger partial charge is 0.125 e. The summed E-state index contributed by atoms with van der Waals surface area (Å²) in [6.45, 7) is 5.91. The maximum Gasteiger partial charge on any atom is 0.125 e. The molecule has 0 bridgehead atoms. The van der Waals surface area contributed by atoms with Gasteiger partial charge in [-0.15, -0.1) is 0 Å². The Labute approximate surface area is 116 Å². The Kier molecular flexibility index (Phi) is 4.41. The Morgan fingerprint density at radius 2 is 2.16 bits per heavy atom. The van der Waals surface area contributed by atoms with Gasteiger partial charge in [0.15, 0.2) is 0 Å². The molecule has 0 radical (unpaired) electrons. The molecule has 0 spiro atoms. The molecule has 0 aliphatic carbocycles. The average Bonchev–Trinajstić information content (AvgIpc) is 2.39. The molecule has 1 aliphatic rings. The molecule has 1 aromatic rings. The summed E-state index contributed by atoms with van der Waals surface area (Å²) in [4.78, 5) is 2.01. The molecule has 3 nitrogen and oxygen atoms in total. The molecule has 0 unspecified atom stereocenters. The molecule has 1 fully saturated rings. The minimum absolute atomic E-state index is 0.107. The van der Waals surface area contributed by atoms with Gasteiger partial charge in [-0.05, 0) is 17.7 Å². The van der Waals surface area contributed by atoms with Crippen LogP contribution < -0.4 is 4.90 Å². The second-order valence-corrected chi connectivity index (χ2v) is 4.73. The normalized spacial score (nSPS) is 15.1. The van der Waals surface area contributed by atoms with E-state index < -0.39 is 5.83 Å². The summed E-state index contributed by atoms with van der Waals surface area (Å²) in [5, 5.41) is 9.34. The van der Waals surface area contributed by atoms with E-state index in [1.165, 1.54) is 0 Å². The molecule has 1 aromatic carbocycles. The van der Waals surface area contributed by atoms with Gasteiger partial charge in [0.1, 0.15) is 5.83 Å². The third kappa shape index (κ3) is 3.06. The van der Waals surface area contributed by atoms with Gasteiger partial charge in [0.2, 0.25) is 0 Å². The van der Waals surface area contributed by atoms with Crippen LogP contribution in [0.2, 0.25) is 5.02 Å². The summed E-state index contributed by atoms with van der Waals surface area (Å²) in [5.74, 6) is -0.539. The van der Waals surface area contributed by atoms with Gasteiger partial charge in [-0.25, -0.2) is 4.39 Å². The first kappa shape index (κ1) is 13.9. The largest absolute Gasteiger partial charge is 0.378 e. The summed E-state index contributed by atoms with van der Waals surface area (Å²) >= 11 is 6.06. The fourth-order valence-electron chi connectivity index (χ4n) is 2.24. The Bertz CT molecular complexity index is 533. The van der Waals surface area contributed by atoms with Gasteiger partial charge in [0, 0.05) is 29.4 Å². The predicted octanol–water partition coefficient (Wildman–Crippen LogP) is 3.18. The van der Waals surface area contributed by atoms with Crippen molar-refractivity contribution in [2.75, 3.05) is 31.2 Å². The zero-order valence-electron chi connectivity index (χ0n) is 10.5. The van der Waals surface area contributed by atoms with E-state index in [4.69, 9.17) is 21.6 Å². The van der Waals surface area contributed by atoms with Crippen LogP contribution in [0.1, 0.15) is 11.1 Å². The van der Waals surface area contributed by atoms with Crippen LogP contribution in [0.25, 0.3) is 5.83 Å². The van der Waals surface area contributed by atoms with Crippen molar-refractivity contribution in [2.45, 2.75) is 6.42 Å². The van der Waals surface area contributed by atoms with E-state index in [1.54, 1.807) is 12.1 Å². The lowest BCUT2D eigenvalue weighted by Crippen LogP contribution is -2.36. The highest BCUT2D eigenvalue weighted by Gasteiger charge is 2.20. The monoisotopic (exact) mass is 280 g/mol. The topological polar surface area (TPSA) is 36.3 Å². The minimum Gasteiger partial charge on any atom is -0.378 e. The van der Waals surface area contributed by atoms with Crippen LogP contribution >= 0.6 is 11.6 Å². The van der Waals surface area contributed by atoms with Gasteiger partial charge >= 0.3 is 0 Å². The van der Waals surface area contributed by atoms with E-state index in [0.717, 1.165) is 0 Å². The summed E-state index contributed by atoms with van der Waals surface area (Å²) in [6, 6.07) is 5.36. The van der Waals surface area contributed by atoms with Crippen LogP contribution in [0, 0.1) is 11.3 Å². The van der Waals surface area contributed by atoms with E-state index in [2.05, 4.69) is 6.58 Å². The molecule has 1 aliphatic heterocycles. The Morgan fingerprint density at radius 1 is 1.47 bits per heavy atom. The fraction of sp³-hybridized carbons (Fsp3) is 0.357. The lowest BCUT2D eigenvalue weighted by atomic mass is 10.0. The molecular formula is C14H14ClFN2O. The summed E-state index contributed by atoms with van der Waals surface area (Å²) in [7, 11) is 0. The van der Waals surface area contributed by atoms with Gasteiger partial charge < -0.3 is 9.64 Å². The highest BCUT2D eigenvalue weighted by atomic mass is 35.5. The van der Waals surface area contributed by atoms with Gasteiger partial charge in [0.25, 0.3) is 0 Å². The summed E-state index contributed by atoms with van der Waals surface area (Å²) in [6.07, 6.45) is 0.107. The van der Waals surface area contributed by atoms with Crippen LogP contribution in [-0.2, 0) is 11.2 Å². The first-order chi connectivity index (χ1) is 9.13. The van der Waals surface area contributed by atoms with Gasteiger partial charge in [-0.2, -0.15) is 5.26 Å². The van der Waals surface area contributed by atoms with Gasteiger partial charge in [-0.3, -0.25) is 0 Å². The van der Waals surface area contributed by atoms with Crippen LogP contribution in [0.4, 0.5) is 10.1 Å². The third-order valence-corrected chi connectivity index (χ3v) is 3.27. The molecule has 5 heteroatoms. The number of halogens is 2. The zero-order valence-corrected chi connectivity index (χ0v) is 11.2. The second-order valence-electron chi connectivity index (χ2n) is 4.30. The number of hydrogen-bond donors (Lipinski definition) is 0. The number of benzene rings is 1. The number of hydrogen-bond acceptors (Lipinski definition) is 3. The van der Waals surface area contributed by atoms with Crippen molar-refractivity contribution >= 4 is 23.1 Å². The number of nitriles is 1. The maximum atomic E-state index is 13.8. The molecule has 1 saturated heterocycles. The Balaban J connectivity index is 2.50. The lowest BCUT2D eigenvalue weighted by molar-refractivity contribution is 0.122. The van der Waals surface area contributed by atoms with Gasteiger partial charge in [-0.1, -0.05) is 18.2 Å². The van der Waals surface area contributed by atoms with Crippen LogP contribution in [0.3, 0.4) is 0 Å². The van der Waals surface area contributed by atoms with Crippen LogP contribution in [0.15, 0.2) is 18.7 Å². The molecular weight excluding hydrogens is 267 g/mol. The molecule has 0 N–H and O–H groups in total. The first-order valence-corrected chi connectivity index (χ1v) is 6.38. The van der Waals surface area contributed by atoms with Crippen molar-refractivity contribution in [3.05, 3.63) is 34.9 Å². The number of rotatable bonds is 3. The number of anilines is 1. The highest BCUT2D eigenvalue weighted by Crippen LogP contribution is 2.34. The van der Waals surface area contributed by atoms with Crippen LogP contribution in [-0.4, -0.2) is 26.3 Å². The summed E-state index contributed by atoms with van der Waals surface area (Å²) < 4.78 is 19.0. The van der Waals surface area contributed by atoms with E-state index in [9.17, 15) is 4.39 Å². The molecule has 0 saturated carbocycles. The molecule has 0 amide bonds. The lowest BCUT2D eigenvalue weighted by Gasteiger charge is -2.31. The van der Waals surface area contributed by atoms with Crippen molar-refractivity contribution in [1.82, 2.24) is 0 Å². The maximum absolute atomic E-state index is 13.8. The standard InChI is InChI=1S/C14H14ClFN2O/c1-10(16)14-11(2-3-17)8-12(15)9-13(14)18-4-6-19-7-5-18/h8-9H,1-2,4-7H2. The van der Waals surface area contributed by atoms with Crippen molar-refractivity contribution in [2.24, 2.45) is 0 Å². The quantitative estimate of drug-likeness (QED) is 0.853. The molecule has 19 heavy (non-hydrogen) atoms. The highest BCUT2D eigenvalue weighted by molar-refractivity contribution is 6.31. The molecule has 0 atom stereocenters. The first-order valence-electron chi connectivity index (χ1n) is 6.00. The van der Waals surface area contributed by atoms with Crippen molar-refractivity contribution < 1.29 is 9.13 Å².